The topological polar surface area (TPSA) is 76.8 Å². The highest BCUT2D eigenvalue weighted by Crippen LogP contribution is 2.36. The Morgan fingerprint density at radius 1 is 0.972 bits per heavy atom. The second-order valence-corrected chi connectivity index (χ2v) is 9.65. The van der Waals surface area contributed by atoms with E-state index in [2.05, 4.69) is 10.1 Å². The van der Waals surface area contributed by atoms with Crippen LogP contribution in [0.2, 0.25) is 5.02 Å². The van der Waals surface area contributed by atoms with Crippen LogP contribution in [0.5, 0.6) is 5.75 Å². The first-order valence-corrected chi connectivity index (χ1v) is 12.6. The molecule has 0 saturated carbocycles. The van der Waals surface area contributed by atoms with E-state index in [0.29, 0.717) is 39.1 Å². The van der Waals surface area contributed by atoms with Crippen LogP contribution in [0.25, 0.3) is 21.9 Å². The third-order valence-electron chi connectivity index (χ3n) is 5.99. The van der Waals surface area contributed by atoms with Gasteiger partial charge in [-0.1, -0.05) is 53.3 Å². The summed E-state index contributed by atoms with van der Waals surface area (Å²) in [5.74, 6) is 0.979. The van der Waals surface area contributed by atoms with E-state index in [1.807, 2.05) is 67.6 Å². The maximum absolute atomic E-state index is 13.6. The number of rotatable bonds is 5. The molecular weight excluding hydrogens is 496 g/mol. The summed E-state index contributed by atoms with van der Waals surface area (Å²) >= 11 is 7.19. The highest BCUT2D eigenvalue weighted by Gasteiger charge is 2.34. The maximum atomic E-state index is 13.6. The molecule has 0 spiro atoms. The average Bonchev–Trinajstić information content (AvgIpc) is 3.52. The molecular formula is C27H19ClN4O3S. The van der Waals surface area contributed by atoms with Gasteiger partial charge in [-0.25, -0.2) is 0 Å². The Kier molecular flexibility index (Phi) is 5.55. The van der Waals surface area contributed by atoms with Gasteiger partial charge in [0.05, 0.1) is 24.4 Å². The molecule has 7 nitrogen and oxygen atoms in total. The number of hydrogen-bond acceptors (Lipinski definition) is 6. The van der Waals surface area contributed by atoms with Crippen molar-refractivity contribution in [3.8, 4) is 17.1 Å². The fraction of sp³-hybridized carbons (Fsp3) is 0.111. The Balaban J connectivity index is 1.43. The average molecular weight is 515 g/mol. The van der Waals surface area contributed by atoms with Crippen molar-refractivity contribution < 1.29 is 9.53 Å². The van der Waals surface area contributed by atoms with E-state index >= 15 is 0 Å². The molecule has 0 N–H and O–H groups in total. The quantitative estimate of drug-likeness (QED) is 0.349. The van der Waals surface area contributed by atoms with Crippen LogP contribution in [0.4, 0.5) is 5.69 Å². The van der Waals surface area contributed by atoms with Gasteiger partial charge in [0.2, 0.25) is 4.96 Å². The van der Waals surface area contributed by atoms with E-state index in [1.165, 1.54) is 15.9 Å². The van der Waals surface area contributed by atoms with Gasteiger partial charge in [0.15, 0.2) is 5.82 Å². The third-order valence-corrected chi connectivity index (χ3v) is 7.27. The van der Waals surface area contributed by atoms with Gasteiger partial charge in [-0.05, 0) is 55.0 Å². The molecule has 2 aromatic heterocycles. The molecule has 0 radical (unpaired) electrons. The summed E-state index contributed by atoms with van der Waals surface area (Å²) in [4.78, 5) is 33.7. The highest BCUT2D eigenvalue weighted by molar-refractivity contribution is 7.15. The van der Waals surface area contributed by atoms with Gasteiger partial charge in [-0.2, -0.15) is 9.50 Å². The van der Waals surface area contributed by atoms with Gasteiger partial charge in [-0.15, -0.1) is 5.10 Å². The van der Waals surface area contributed by atoms with Gasteiger partial charge in [0, 0.05) is 16.1 Å². The molecule has 0 bridgehead atoms. The Morgan fingerprint density at radius 3 is 2.44 bits per heavy atom. The molecule has 178 valence electrons. The van der Waals surface area contributed by atoms with E-state index in [0.717, 1.165) is 28.1 Å². The molecule has 0 unspecified atom stereocenters. The fourth-order valence-electron chi connectivity index (χ4n) is 4.30. The number of thiazole rings is 1. The van der Waals surface area contributed by atoms with Crippen LogP contribution < -0.4 is 19.7 Å². The number of halogens is 1. The number of amides is 1. The first-order valence-electron chi connectivity index (χ1n) is 11.4. The van der Waals surface area contributed by atoms with Crippen molar-refractivity contribution in [3.05, 3.63) is 104 Å². The molecule has 1 aliphatic rings. The maximum Gasteiger partial charge on any atom is 0.291 e. The summed E-state index contributed by atoms with van der Waals surface area (Å²) in [5, 5.41) is 5.07. The second kappa shape index (κ2) is 8.89. The highest BCUT2D eigenvalue weighted by atomic mass is 35.5. The number of ether oxygens (including phenoxy) is 1. The smallest absolute Gasteiger partial charge is 0.291 e. The first kappa shape index (κ1) is 22.5. The molecule has 36 heavy (non-hydrogen) atoms. The number of aromatic nitrogens is 3. The molecule has 3 heterocycles. The lowest BCUT2D eigenvalue weighted by Crippen LogP contribution is -2.32. The van der Waals surface area contributed by atoms with Crippen molar-refractivity contribution in [1.29, 1.82) is 0 Å². The lowest BCUT2D eigenvalue weighted by Gasteiger charge is -2.17. The number of para-hydroxylation sites is 1. The standard InChI is InChI=1S/C27H19ClN4O3S/c1-2-35-19-13-9-17(10-14-19)24-29-27-32(30-24)26(34)23(36-27)22-20-5-3-4-6-21(20)31(25(22)33)15-16-7-11-18(28)12-8-16/h3-14H,2,15H2,1H3. The van der Waals surface area contributed by atoms with Crippen LogP contribution in [-0.2, 0) is 11.3 Å². The molecule has 0 aliphatic carbocycles. The van der Waals surface area contributed by atoms with Gasteiger partial charge in [-0.3, -0.25) is 9.59 Å². The summed E-state index contributed by atoms with van der Waals surface area (Å²) in [6, 6.07) is 22.3. The molecule has 1 amide bonds. The summed E-state index contributed by atoms with van der Waals surface area (Å²) in [5.41, 5.74) is 3.23. The zero-order valence-electron chi connectivity index (χ0n) is 19.1. The van der Waals surface area contributed by atoms with Gasteiger partial charge < -0.3 is 9.64 Å². The molecule has 0 saturated heterocycles. The Bertz CT molecular complexity index is 1730. The van der Waals surface area contributed by atoms with Crippen molar-refractivity contribution in [2.24, 2.45) is 0 Å². The summed E-state index contributed by atoms with van der Waals surface area (Å²) in [6.45, 7) is 2.88. The largest absolute Gasteiger partial charge is 0.494 e. The Labute approximate surface area is 214 Å². The number of nitrogens with zero attached hydrogens (tertiary/aromatic N) is 4. The SMILES string of the molecule is CCOc1ccc(-c2nc3sc(=C4C(=O)N(Cc5ccc(Cl)cc5)c5ccccc54)c(=O)n3n2)cc1. The third kappa shape index (κ3) is 3.75. The summed E-state index contributed by atoms with van der Waals surface area (Å²) < 4.78 is 7.09. The van der Waals surface area contributed by atoms with Crippen molar-refractivity contribution in [1.82, 2.24) is 14.6 Å². The number of carbonyl (C=O) groups excluding carboxylic acids is 1. The Morgan fingerprint density at radius 2 is 1.72 bits per heavy atom. The monoisotopic (exact) mass is 514 g/mol. The number of anilines is 1. The predicted molar refractivity (Wildman–Crippen MR) is 141 cm³/mol. The lowest BCUT2D eigenvalue weighted by molar-refractivity contribution is -0.113. The van der Waals surface area contributed by atoms with E-state index in [1.54, 1.807) is 17.0 Å². The molecule has 0 fully saturated rings. The molecule has 0 atom stereocenters. The van der Waals surface area contributed by atoms with Crippen LogP contribution in [0.15, 0.2) is 77.6 Å². The van der Waals surface area contributed by atoms with Crippen molar-refractivity contribution >= 4 is 45.1 Å². The van der Waals surface area contributed by atoms with Crippen LogP contribution in [0, 0.1) is 0 Å². The molecule has 9 heteroatoms. The minimum atomic E-state index is -0.355. The number of hydrogen-bond donors (Lipinski definition) is 0. The Hall–Kier alpha value is -4.01. The van der Waals surface area contributed by atoms with Crippen LogP contribution in [0.1, 0.15) is 18.1 Å². The van der Waals surface area contributed by atoms with Crippen molar-refractivity contribution in [2.45, 2.75) is 13.5 Å². The van der Waals surface area contributed by atoms with E-state index < -0.39 is 0 Å². The number of carbonyl (C=O) groups is 1. The van der Waals surface area contributed by atoms with Crippen LogP contribution >= 0.6 is 22.9 Å². The minimum Gasteiger partial charge on any atom is -0.494 e. The normalized spacial score (nSPS) is 14.5. The fourth-order valence-corrected chi connectivity index (χ4v) is 5.43. The summed E-state index contributed by atoms with van der Waals surface area (Å²) in [6.07, 6.45) is 0. The van der Waals surface area contributed by atoms with Crippen molar-refractivity contribution in [3.63, 3.8) is 0 Å². The number of benzene rings is 3. The van der Waals surface area contributed by atoms with Gasteiger partial charge in [0.1, 0.15) is 10.3 Å². The molecule has 5 aromatic rings. The predicted octanol–water partition coefficient (Wildman–Crippen LogP) is 4.33. The van der Waals surface area contributed by atoms with Crippen LogP contribution in [-0.4, -0.2) is 27.1 Å². The zero-order valence-corrected chi connectivity index (χ0v) is 20.7. The summed E-state index contributed by atoms with van der Waals surface area (Å²) in [7, 11) is 0. The first-order chi connectivity index (χ1) is 17.5. The lowest BCUT2D eigenvalue weighted by atomic mass is 10.1. The second-order valence-electron chi connectivity index (χ2n) is 8.23. The molecule has 3 aromatic carbocycles. The van der Waals surface area contributed by atoms with E-state index in [9.17, 15) is 9.59 Å². The zero-order chi connectivity index (χ0) is 24.8. The van der Waals surface area contributed by atoms with Gasteiger partial charge >= 0.3 is 0 Å². The number of fused-ring (bicyclic) bond motifs is 2. The van der Waals surface area contributed by atoms with E-state index in [4.69, 9.17) is 16.3 Å². The van der Waals surface area contributed by atoms with Crippen LogP contribution in [0.3, 0.4) is 0 Å². The van der Waals surface area contributed by atoms with Crippen molar-refractivity contribution in [2.75, 3.05) is 11.5 Å². The van der Waals surface area contributed by atoms with Gasteiger partial charge in [0.25, 0.3) is 11.5 Å². The minimum absolute atomic E-state index is 0.223. The molecule has 6 rings (SSSR count). The molecule has 1 aliphatic heterocycles. The van der Waals surface area contributed by atoms with E-state index in [-0.39, 0.29) is 11.5 Å².